The molecule has 1 aromatic rings. The standard InChI is InChI=1S/C12H17N3O/c1-4-6-7-8-13-12(16)11-9-10(5-2)14-15(11)3/h9H,5,7-8H2,1-3H3,(H,13,16). The highest BCUT2D eigenvalue weighted by molar-refractivity contribution is 5.92. The van der Waals surface area contributed by atoms with Crippen LogP contribution in [0.25, 0.3) is 0 Å². The average molecular weight is 219 g/mol. The van der Waals surface area contributed by atoms with Crippen molar-refractivity contribution in [2.45, 2.75) is 26.7 Å². The van der Waals surface area contributed by atoms with Crippen molar-refractivity contribution in [1.29, 1.82) is 0 Å². The van der Waals surface area contributed by atoms with Gasteiger partial charge in [-0.05, 0) is 19.4 Å². The van der Waals surface area contributed by atoms with E-state index in [-0.39, 0.29) is 5.91 Å². The Morgan fingerprint density at radius 2 is 2.38 bits per heavy atom. The third-order valence-electron chi connectivity index (χ3n) is 2.24. The number of carbonyl (C=O) groups is 1. The van der Waals surface area contributed by atoms with Crippen LogP contribution < -0.4 is 5.32 Å². The number of carbonyl (C=O) groups excluding carboxylic acids is 1. The zero-order valence-corrected chi connectivity index (χ0v) is 10.0. The number of aromatic nitrogens is 2. The lowest BCUT2D eigenvalue weighted by atomic mass is 10.3. The molecule has 0 fully saturated rings. The SMILES string of the molecule is CC#CCCNC(=O)c1cc(CC)nn1C. The van der Waals surface area contributed by atoms with Gasteiger partial charge < -0.3 is 5.32 Å². The molecule has 1 heterocycles. The summed E-state index contributed by atoms with van der Waals surface area (Å²) in [4.78, 5) is 11.7. The first-order valence-electron chi connectivity index (χ1n) is 5.39. The van der Waals surface area contributed by atoms with Crippen LogP contribution in [0.1, 0.15) is 36.5 Å². The highest BCUT2D eigenvalue weighted by Crippen LogP contribution is 2.03. The topological polar surface area (TPSA) is 46.9 Å². The first kappa shape index (κ1) is 12.3. The van der Waals surface area contributed by atoms with E-state index < -0.39 is 0 Å². The fourth-order valence-electron chi connectivity index (χ4n) is 1.37. The number of nitrogens with one attached hydrogen (secondary N) is 1. The minimum Gasteiger partial charge on any atom is -0.350 e. The predicted octanol–water partition coefficient (Wildman–Crippen LogP) is 1.13. The molecule has 0 unspecified atom stereocenters. The van der Waals surface area contributed by atoms with E-state index in [4.69, 9.17) is 0 Å². The lowest BCUT2D eigenvalue weighted by Gasteiger charge is -2.02. The van der Waals surface area contributed by atoms with Crippen LogP contribution in [0.3, 0.4) is 0 Å². The van der Waals surface area contributed by atoms with E-state index in [1.165, 1.54) is 0 Å². The monoisotopic (exact) mass is 219 g/mol. The van der Waals surface area contributed by atoms with Gasteiger partial charge in [-0.1, -0.05) is 6.92 Å². The molecule has 0 bridgehead atoms. The Bertz CT molecular complexity index is 423. The van der Waals surface area contributed by atoms with Gasteiger partial charge in [0, 0.05) is 20.0 Å². The number of hydrogen-bond donors (Lipinski definition) is 1. The van der Waals surface area contributed by atoms with Crippen molar-refractivity contribution in [3.63, 3.8) is 0 Å². The fraction of sp³-hybridized carbons (Fsp3) is 0.500. The maximum atomic E-state index is 11.7. The summed E-state index contributed by atoms with van der Waals surface area (Å²) in [6.45, 7) is 4.38. The minimum absolute atomic E-state index is 0.0902. The van der Waals surface area contributed by atoms with Crippen molar-refractivity contribution in [1.82, 2.24) is 15.1 Å². The number of nitrogens with zero attached hydrogens (tertiary/aromatic N) is 2. The van der Waals surface area contributed by atoms with Crippen LogP contribution in [0.4, 0.5) is 0 Å². The lowest BCUT2D eigenvalue weighted by Crippen LogP contribution is -2.26. The first-order chi connectivity index (χ1) is 7.69. The molecule has 1 N–H and O–H groups in total. The molecule has 1 rings (SSSR count). The largest absolute Gasteiger partial charge is 0.350 e. The molecule has 0 radical (unpaired) electrons. The summed E-state index contributed by atoms with van der Waals surface area (Å²) < 4.78 is 1.61. The van der Waals surface area contributed by atoms with Crippen LogP contribution in [-0.2, 0) is 13.5 Å². The summed E-state index contributed by atoms with van der Waals surface area (Å²) in [6, 6.07) is 1.82. The van der Waals surface area contributed by atoms with E-state index in [1.54, 1.807) is 18.7 Å². The zero-order valence-electron chi connectivity index (χ0n) is 10.0. The molecule has 16 heavy (non-hydrogen) atoms. The van der Waals surface area contributed by atoms with Crippen molar-refractivity contribution in [3.8, 4) is 11.8 Å². The quantitative estimate of drug-likeness (QED) is 0.609. The Labute approximate surface area is 96.0 Å². The van der Waals surface area contributed by atoms with Gasteiger partial charge in [0.2, 0.25) is 0 Å². The van der Waals surface area contributed by atoms with Crippen molar-refractivity contribution in [2.75, 3.05) is 6.54 Å². The molecule has 0 spiro atoms. The molecule has 86 valence electrons. The normalized spacial score (nSPS) is 9.44. The average Bonchev–Trinajstić information content (AvgIpc) is 2.66. The molecule has 0 aliphatic rings. The second-order valence-corrected chi connectivity index (χ2v) is 3.43. The predicted molar refractivity (Wildman–Crippen MR) is 63.0 cm³/mol. The summed E-state index contributed by atoms with van der Waals surface area (Å²) >= 11 is 0. The molecule has 0 atom stereocenters. The second-order valence-electron chi connectivity index (χ2n) is 3.43. The summed E-state index contributed by atoms with van der Waals surface area (Å²) in [5.74, 6) is 5.60. The molecule has 0 aliphatic heterocycles. The molecular formula is C12H17N3O. The number of hydrogen-bond acceptors (Lipinski definition) is 2. The van der Waals surface area contributed by atoms with Gasteiger partial charge in [0.1, 0.15) is 5.69 Å². The highest BCUT2D eigenvalue weighted by Gasteiger charge is 2.11. The van der Waals surface area contributed by atoms with Crippen molar-refractivity contribution in [3.05, 3.63) is 17.5 Å². The van der Waals surface area contributed by atoms with Crippen LogP contribution >= 0.6 is 0 Å². The highest BCUT2D eigenvalue weighted by atomic mass is 16.2. The summed E-state index contributed by atoms with van der Waals surface area (Å²) in [5, 5.41) is 7.03. The van der Waals surface area contributed by atoms with Crippen molar-refractivity contribution in [2.24, 2.45) is 7.05 Å². The molecule has 1 amide bonds. The van der Waals surface area contributed by atoms with E-state index in [9.17, 15) is 4.79 Å². The summed E-state index contributed by atoms with van der Waals surface area (Å²) in [6.07, 6.45) is 1.52. The Balaban J connectivity index is 2.57. The third-order valence-corrected chi connectivity index (χ3v) is 2.24. The maximum Gasteiger partial charge on any atom is 0.269 e. The molecule has 0 aromatic carbocycles. The molecular weight excluding hydrogens is 202 g/mol. The van der Waals surface area contributed by atoms with Gasteiger partial charge in [0.25, 0.3) is 5.91 Å². The molecule has 0 saturated heterocycles. The van der Waals surface area contributed by atoms with E-state index in [0.29, 0.717) is 18.7 Å². The fourth-order valence-corrected chi connectivity index (χ4v) is 1.37. The molecule has 4 heteroatoms. The number of amides is 1. The molecule has 0 saturated carbocycles. The smallest absolute Gasteiger partial charge is 0.269 e. The van der Waals surface area contributed by atoms with Crippen LogP contribution in [0.2, 0.25) is 0 Å². The van der Waals surface area contributed by atoms with Gasteiger partial charge in [-0.25, -0.2) is 0 Å². The number of aryl methyl sites for hydroxylation is 2. The first-order valence-corrected chi connectivity index (χ1v) is 5.39. The van der Waals surface area contributed by atoms with Crippen LogP contribution in [0.15, 0.2) is 6.07 Å². The maximum absolute atomic E-state index is 11.7. The minimum atomic E-state index is -0.0902. The molecule has 0 aliphatic carbocycles. The van der Waals surface area contributed by atoms with E-state index in [2.05, 4.69) is 22.3 Å². The lowest BCUT2D eigenvalue weighted by molar-refractivity contribution is 0.0945. The van der Waals surface area contributed by atoms with Gasteiger partial charge in [0.15, 0.2) is 0 Å². The van der Waals surface area contributed by atoms with Gasteiger partial charge in [-0.2, -0.15) is 5.10 Å². The summed E-state index contributed by atoms with van der Waals surface area (Å²) in [5.41, 5.74) is 1.53. The van der Waals surface area contributed by atoms with Crippen molar-refractivity contribution >= 4 is 5.91 Å². The van der Waals surface area contributed by atoms with E-state index in [0.717, 1.165) is 12.1 Å². The van der Waals surface area contributed by atoms with Crippen LogP contribution in [0, 0.1) is 11.8 Å². The van der Waals surface area contributed by atoms with E-state index in [1.807, 2.05) is 13.0 Å². The van der Waals surface area contributed by atoms with E-state index >= 15 is 0 Å². The second kappa shape index (κ2) is 5.96. The Kier molecular flexibility index (Phi) is 4.59. The Morgan fingerprint density at radius 1 is 1.62 bits per heavy atom. The third kappa shape index (κ3) is 3.13. The van der Waals surface area contributed by atoms with Crippen LogP contribution in [-0.4, -0.2) is 22.2 Å². The van der Waals surface area contributed by atoms with Crippen molar-refractivity contribution < 1.29 is 4.79 Å². The van der Waals surface area contributed by atoms with Gasteiger partial charge in [-0.15, -0.1) is 11.8 Å². The summed E-state index contributed by atoms with van der Waals surface area (Å²) in [7, 11) is 1.78. The molecule has 4 nitrogen and oxygen atoms in total. The Hall–Kier alpha value is -1.76. The molecule has 1 aromatic heterocycles. The van der Waals surface area contributed by atoms with Gasteiger partial charge >= 0.3 is 0 Å². The zero-order chi connectivity index (χ0) is 12.0. The van der Waals surface area contributed by atoms with Gasteiger partial charge in [-0.3, -0.25) is 9.48 Å². The van der Waals surface area contributed by atoms with Gasteiger partial charge in [0.05, 0.1) is 5.69 Å². The Morgan fingerprint density at radius 3 is 2.94 bits per heavy atom. The van der Waals surface area contributed by atoms with Crippen LogP contribution in [0.5, 0.6) is 0 Å². The number of rotatable bonds is 4.